The second-order valence-corrected chi connectivity index (χ2v) is 10.3. The van der Waals surface area contributed by atoms with Crippen LogP contribution < -0.4 is 19.6 Å². The molecule has 0 saturated carbocycles. The number of esters is 2. The Kier molecular flexibility index (Phi) is 9.25. The van der Waals surface area contributed by atoms with Gasteiger partial charge in [0.1, 0.15) is 5.75 Å². The molecule has 3 aromatic rings. The first kappa shape index (κ1) is 30.4. The number of aromatic nitrogens is 1. The lowest BCUT2D eigenvalue weighted by Crippen LogP contribution is -2.41. The van der Waals surface area contributed by atoms with Crippen molar-refractivity contribution >= 4 is 52.6 Å². The van der Waals surface area contributed by atoms with E-state index in [9.17, 15) is 27.6 Å². The molecule has 0 radical (unpaired) electrons. The van der Waals surface area contributed by atoms with Gasteiger partial charge in [-0.2, -0.15) is 13.2 Å². The quantitative estimate of drug-likeness (QED) is 0.339. The van der Waals surface area contributed by atoms with Gasteiger partial charge in [0.05, 0.1) is 29.4 Å². The number of fused-ring (bicyclic) bond motifs is 1. The van der Waals surface area contributed by atoms with E-state index in [4.69, 9.17) is 37.4 Å². The number of hydrogen-bond donors (Lipinski definition) is 0. The van der Waals surface area contributed by atoms with Crippen molar-refractivity contribution in [2.45, 2.75) is 26.1 Å². The molecule has 0 N–H and O–H groups in total. The van der Waals surface area contributed by atoms with Crippen LogP contribution in [0, 0.1) is 0 Å². The second kappa shape index (κ2) is 12.5. The Balaban J connectivity index is 1.95. The van der Waals surface area contributed by atoms with Crippen LogP contribution >= 0.6 is 34.5 Å². The summed E-state index contributed by atoms with van der Waals surface area (Å²) in [6.45, 7) is 2.62. The topological polar surface area (TPSA) is 96.2 Å². The van der Waals surface area contributed by atoms with E-state index in [0.717, 1.165) is 4.57 Å². The molecule has 0 bridgehead atoms. The maximum Gasteiger partial charge on any atom is 0.434 e. The lowest BCUT2D eigenvalue weighted by atomic mass is 9.95. The number of nitrogens with zero attached hydrogens (tertiary/aromatic N) is 2. The van der Waals surface area contributed by atoms with Gasteiger partial charge in [0.2, 0.25) is 0 Å². The average Bonchev–Trinajstić information content (AvgIpc) is 3.22. The van der Waals surface area contributed by atoms with Crippen LogP contribution in [0.4, 0.5) is 13.2 Å². The molecule has 4 rings (SSSR count). The third-order valence-electron chi connectivity index (χ3n) is 5.69. The smallest absolute Gasteiger partial charge is 0.434 e. The van der Waals surface area contributed by atoms with Crippen LogP contribution in [0.5, 0.6) is 5.75 Å². The molecule has 216 valence electrons. The van der Waals surface area contributed by atoms with Crippen LogP contribution in [0.1, 0.15) is 31.0 Å². The molecular formula is C27H21Cl2F3N2O6S. The SMILES string of the molecule is CCOC(=O)COc1ccc(Cl)cc1/C=c1\sc2n(c1=O)[C@@H](c1ccc(Cl)cc1)C(C(=O)OCC)=C(C(F)(F)F)N=2. The van der Waals surface area contributed by atoms with E-state index >= 15 is 0 Å². The number of alkyl halides is 3. The fraction of sp³-hybridized carbons (Fsp3) is 0.259. The van der Waals surface area contributed by atoms with Crippen LogP contribution in [0.2, 0.25) is 10.0 Å². The van der Waals surface area contributed by atoms with Crippen molar-refractivity contribution in [3.8, 4) is 5.75 Å². The normalized spacial score (nSPS) is 15.3. The highest BCUT2D eigenvalue weighted by molar-refractivity contribution is 7.07. The Morgan fingerprint density at radius 2 is 1.71 bits per heavy atom. The fourth-order valence-corrected chi connectivity index (χ4v) is 5.34. The van der Waals surface area contributed by atoms with Gasteiger partial charge in [0.15, 0.2) is 17.1 Å². The minimum atomic E-state index is -5.04. The maximum atomic E-state index is 14.3. The van der Waals surface area contributed by atoms with Gasteiger partial charge in [-0.3, -0.25) is 9.36 Å². The number of halogens is 5. The van der Waals surface area contributed by atoms with Crippen LogP contribution in [0.25, 0.3) is 6.08 Å². The van der Waals surface area contributed by atoms with Gasteiger partial charge in [-0.25, -0.2) is 14.6 Å². The standard InChI is InChI=1S/C27H21Cl2F3N2O6S/c1-3-38-20(35)13-40-18-10-9-17(29)11-15(18)12-19-24(36)34-22(14-5-7-16(28)8-6-14)21(25(37)39-4-2)23(27(30,31)32)33-26(34)41-19/h5-12,22H,3-4,13H2,1-2H3/b19-12-/t22-/m0/s1. The monoisotopic (exact) mass is 628 g/mol. The first-order valence-electron chi connectivity index (χ1n) is 12.1. The maximum absolute atomic E-state index is 14.3. The molecule has 8 nitrogen and oxygen atoms in total. The van der Waals surface area contributed by atoms with E-state index < -0.39 is 47.6 Å². The molecular weight excluding hydrogens is 608 g/mol. The summed E-state index contributed by atoms with van der Waals surface area (Å²) in [7, 11) is 0. The molecule has 0 fully saturated rings. The molecule has 14 heteroatoms. The highest BCUT2D eigenvalue weighted by atomic mass is 35.5. The Labute approximate surface area is 244 Å². The summed E-state index contributed by atoms with van der Waals surface area (Å²) in [6.07, 6.45) is -3.68. The zero-order chi connectivity index (χ0) is 29.9. The Morgan fingerprint density at radius 1 is 1.05 bits per heavy atom. The lowest BCUT2D eigenvalue weighted by Gasteiger charge is -2.26. The van der Waals surface area contributed by atoms with Crippen molar-refractivity contribution in [1.29, 1.82) is 0 Å². The summed E-state index contributed by atoms with van der Waals surface area (Å²) in [5.74, 6) is -1.71. The average molecular weight is 629 g/mol. The Hall–Kier alpha value is -3.61. The minimum Gasteiger partial charge on any atom is -0.481 e. The van der Waals surface area contributed by atoms with E-state index in [1.165, 1.54) is 55.5 Å². The van der Waals surface area contributed by atoms with Crippen molar-refractivity contribution in [3.05, 3.63) is 94.6 Å². The van der Waals surface area contributed by atoms with Gasteiger partial charge < -0.3 is 14.2 Å². The molecule has 1 aliphatic heterocycles. The highest BCUT2D eigenvalue weighted by Crippen LogP contribution is 2.38. The number of ether oxygens (including phenoxy) is 3. The van der Waals surface area contributed by atoms with E-state index in [-0.39, 0.29) is 44.4 Å². The predicted molar refractivity (Wildman–Crippen MR) is 146 cm³/mol. The predicted octanol–water partition coefficient (Wildman–Crippen LogP) is 4.59. The molecule has 0 spiro atoms. The second-order valence-electron chi connectivity index (χ2n) is 8.39. The summed E-state index contributed by atoms with van der Waals surface area (Å²) in [5, 5.41) is 0.575. The molecule has 0 amide bonds. The van der Waals surface area contributed by atoms with Crippen molar-refractivity contribution < 1.29 is 37.0 Å². The molecule has 1 aliphatic rings. The molecule has 1 aromatic heterocycles. The van der Waals surface area contributed by atoms with Crippen LogP contribution in [-0.4, -0.2) is 42.5 Å². The van der Waals surface area contributed by atoms with Crippen molar-refractivity contribution in [1.82, 2.24) is 4.57 Å². The molecule has 0 unspecified atom stereocenters. The third kappa shape index (κ3) is 6.66. The molecule has 0 saturated heterocycles. The van der Waals surface area contributed by atoms with Gasteiger partial charge in [-0.05, 0) is 55.8 Å². The largest absolute Gasteiger partial charge is 0.481 e. The van der Waals surface area contributed by atoms with Gasteiger partial charge >= 0.3 is 18.1 Å². The highest BCUT2D eigenvalue weighted by Gasteiger charge is 2.45. The fourth-order valence-electron chi connectivity index (χ4n) is 4.04. The van der Waals surface area contributed by atoms with E-state index in [1.807, 2.05) is 0 Å². The van der Waals surface area contributed by atoms with E-state index in [2.05, 4.69) is 4.99 Å². The molecule has 1 atom stereocenters. The number of carbonyl (C=O) groups excluding carboxylic acids is 2. The summed E-state index contributed by atoms with van der Waals surface area (Å²) in [4.78, 5) is 41.9. The number of allylic oxidation sites excluding steroid dienone is 1. The zero-order valence-electron chi connectivity index (χ0n) is 21.5. The number of rotatable bonds is 8. The molecule has 0 aliphatic carbocycles. The summed E-state index contributed by atoms with van der Waals surface area (Å²) in [6, 6.07) is 8.62. The van der Waals surface area contributed by atoms with Crippen molar-refractivity contribution in [3.63, 3.8) is 0 Å². The Bertz CT molecular complexity index is 1700. The molecule has 2 heterocycles. The van der Waals surface area contributed by atoms with Crippen LogP contribution in [0.3, 0.4) is 0 Å². The van der Waals surface area contributed by atoms with Gasteiger partial charge in [-0.1, -0.05) is 46.7 Å². The third-order valence-corrected chi connectivity index (χ3v) is 7.16. The van der Waals surface area contributed by atoms with E-state index in [0.29, 0.717) is 16.4 Å². The van der Waals surface area contributed by atoms with Gasteiger partial charge in [0.25, 0.3) is 5.56 Å². The Morgan fingerprint density at radius 3 is 2.34 bits per heavy atom. The number of carbonyl (C=O) groups is 2. The van der Waals surface area contributed by atoms with Crippen molar-refractivity contribution in [2.75, 3.05) is 19.8 Å². The molecule has 41 heavy (non-hydrogen) atoms. The van der Waals surface area contributed by atoms with Gasteiger partial charge in [-0.15, -0.1) is 0 Å². The number of benzene rings is 2. The zero-order valence-corrected chi connectivity index (χ0v) is 23.8. The van der Waals surface area contributed by atoms with Crippen LogP contribution in [0.15, 0.2) is 63.5 Å². The van der Waals surface area contributed by atoms with Crippen LogP contribution in [-0.2, 0) is 19.1 Å². The van der Waals surface area contributed by atoms with E-state index in [1.54, 1.807) is 6.92 Å². The van der Waals surface area contributed by atoms with Crippen molar-refractivity contribution in [2.24, 2.45) is 4.99 Å². The molecule has 2 aromatic carbocycles. The lowest BCUT2D eigenvalue weighted by molar-refractivity contribution is -0.145. The first-order valence-corrected chi connectivity index (χ1v) is 13.7. The number of thiazole rings is 1. The summed E-state index contributed by atoms with van der Waals surface area (Å²) < 4.78 is 59.1. The number of hydrogen-bond acceptors (Lipinski definition) is 8. The minimum absolute atomic E-state index is 0.0300. The van der Waals surface area contributed by atoms with Gasteiger partial charge in [0, 0.05) is 15.6 Å². The summed E-state index contributed by atoms with van der Waals surface area (Å²) in [5.41, 5.74) is -2.57. The first-order chi connectivity index (χ1) is 19.4. The summed E-state index contributed by atoms with van der Waals surface area (Å²) >= 11 is 12.8.